The summed E-state index contributed by atoms with van der Waals surface area (Å²) in [4.78, 5) is 23.9. The summed E-state index contributed by atoms with van der Waals surface area (Å²) in [5.41, 5.74) is 1.14. The molecule has 2 rings (SSSR count). The third-order valence-corrected chi connectivity index (χ3v) is 3.37. The minimum Gasteiger partial charge on any atom is -0.466 e. The fourth-order valence-electron chi connectivity index (χ4n) is 2.05. The summed E-state index contributed by atoms with van der Waals surface area (Å²) in [6.07, 6.45) is 0.642. The Bertz CT molecular complexity index is 689. The predicted molar refractivity (Wildman–Crippen MR) is 89.4 cm³/mol. The van der Waals surface area contributed by atoms with Crippen LogP contribution in [-0.4, -0.2) is 18.4 Å². The first-order valence-corrected chi connectivity index (χ1v) is 7.70. The van der Waals surface area contributed by atoms with Gasteiger partial charge in [0.25, 0.3) is 5.91 Å². The topological polar surface area (TPSA) is 71.3 Å². The fourth-order valence-corrected chi connectivity index (χ4v) is 2.05. The molecule has 0 aliphatic rings. The smallest absolute Gasteiger partial charge is 0.251 e. The van der Waals surface area contributed by atoms with Crippen LogP contribution in [0.5, 0.6) is 0 Å². The van der Waals surface area contributed by atoms with Crippen LogP contribution in [0.4, 0.5) is 5.69 Å². The lowest BCUT2D eigenvalue weighted by atomic mass is 10.1. The van der Waals surface area contributed by atoms with E-state index in [0.29, 0.717) is 24.2 Å². The van der Waals surface area contributed by atoms with Gasteiger partial charge in [0.15, 0.2) is 0 Å². The predicted octanol–water partition coefficient (Wildman–Crippen LogP) is 3.16. The molecule has 1 heterocycles. The van der Waals surface area contributed by atoms with Crippen LogP contribution >= 0.6 is 0 Å². The highest BCUT2D eigenvalue weighted by molar-refractivity contribution is 5.97. The maximum atomic E-state index is 12.2. The number of furan rings is 1. The Morgan fingerprint density at radius 1 is 1.17 bits per heavy atom. The number of carbonyl (C=O) groups is 2. The number of carbonyl (C=O) groups excluding carboxylic acids is 2. The number of hydrogen-bond donors (Lipinski definition) is 2. The summed E-state index contributed by atoms with van der Waals surface area (Å²) in [5, 5.41) is 5.64. The van der Waals surface area contributed by atoms with Gasteiger partial charge in [-0.3, -0.25) is 9.59 Å². The van der Waals surface area contributed by atoms with Gasteiger partial charge in [-0.2, -0.15) is 0 Å². The second kappa shape index (κ2) is 7.63. The number of benzene rings is 1. The molecule has 0 aliphatic carbocycles. The summed E-state index contributed by atoms with van der Waals surface area (Å²) >= 11 is 0. The summed E-state index contributed by atoms with van der Waals surface area (Å²) in [7, 11) is 0. The van der Waals surface area contributed by atoms with Crippen molar-refractivity contribution < 1.29 is 14.0 Å². The Morgan fingerprint density at radius 3 is 2.61 bits per heavy atom. The van der Waals surface area contributed by atoms with Gasteiger partial charge in [-0.05, 0) is 37.3 Å². The third-order valence-electron chi connectivity index (χ3n) is 3.37. The molecule has 5 nitrogen and oxygen atoms in total. The first-order chi connectivity index (χ1) is 11.0. The van der Waals surface area contributed by atoms with E-state index in [1.54, 1.807) is 24.3 Å². The van der Waals surface area contributed by atoms with E-state index >= 15 is 0 Å². The Labute approximate surface area is 136 Å². The molecule has 0 bridgehead atoms. The SMILES string of the molecule is Cc1ccc(CCNC(=O)c2cccc(NC(=O)C(C)C)c2)o1. The Morgan fingerprint density at radius 2 is 1.96 bits per heavy atom. The zero-order chi connectivity index (χ0) is 16.8. The lowest BCUT2D eigenvalue weighted by Gasteiger charge is -2.09. The van der Waals surface area contributed by atoms with E-state index in [1.807, 2.05) is 32.9 Å². The van der Waals surface area contributed by atoms with Gasteiger partial charge in [0, 0.05) is 30.1 Å². The van der Waals surface area contributed by atoms with Crippen LogP contribution in [0, 0.1) is 12.8 Å². The van der Waals surface area contributed by atoms with Crippen molar-refractivity contribution in [1.29, 1.82) is 0 Å². The van der Waals surface area contributed by atoms with Crippen molar-refractivity contribution in [1.82, 2.24) is 5.32 Å². The van der Waals surface area contributed by atoms with Gasteiger partial charge in [-0.1, -0.05) is 19.9 Å². The summed E-state index contributed by atoms with van der Waals surface area (Å²) in [6.45, 7) is 6.03. The van der Waals surface area contributed by atoms with Crippen molar-refractivity contribution in [3.05, 3.63) is 53.5 Å². The van der Waals surface area contributed by atoms with E-state index in [4.69, 9.17) is 4.42 Å². The minimum absolute atomic E-state index is 0.0734. The lowest BCUT2D eigenvalue weighted by molar-refractivity contribution is -0.118. The highest BCUT2D eigenvalue weighted by Crippen LogP contribution is 2.12. The molecule has 0 saturated heterocycles. The number of rotatable bonds is 6. The van der Waals surface area contributed by atoms with E-state index in [2.05, 4.69) is 10.6 Å². The van der Waals surface area contributed by atoms with Crippen LogP contribution in [0.25, 0.3) is 0 Å². The molecule has 2 N–H and O–H groups in total. The normalized spacial score (nSPS) is 10.6. The molecular formula is C18H22N2O3. The molecule has 0 radical (unpaired) electrons. The molecule has 0 spiro atoms. The van der Waals surface area contributed by atoms with Gasteiger partial charge in [0.1, 0.15) is 11.5 Å². The van der Waals surface area contributed by atoms with Crippen molar-refractivity contribution in [2.24, 2.45) is 5.92 Å². The van der Waals surface area contributed by atoms with Crippen LogP contribution in [0.15, 0.2) is 40.8 Å². The van der Waals surface area contributed by atoms with Gasteiger partial charge < -0.3 is 15.1 Å². The van der Waals surface area contributed by atoms with Crippen molar-refractivity contribution in [2.45, 2.75) is 27.2 Å². The standard InChI is InChI=1S/C18H22N2O3/c1-12(2)17(21)20-15-6-4-5-14(11-15)18(22)19-10-9-16-8-7-13(3)23-16/h4-8,11-12H,9-10H2,1-3H3,(H,19,22)(H,20,21). The summed E-state index contributed by atoms with van der Waals surface area (Å²) < 4.78 is 5.46. The molecule has 122 valence electrons. The quantitative estimate of drug-likeness (QED) is 0.860. The Balaban J connectivity index is 1.90. The molecule has 5 heteroatoms. The van der Waals surface area contributed by atoms with Crippen LogP contribution < -0.4 is 10.6 Å². The van der Waals surface area contributed by atoms with Crippen molar-refractivity contribution in [3.63, 3.8) is 0 Å². The van der Waals surface area contributed by atoms with E-state index in [0.717, 1.165) is 11.5 Å². The fraction of sp³-hybridized carbons (Fsp3) is 0.333. The molecule has 0 unspecified atom stereocenters. The van der Waals surface area contributed by atoms with Crippen LogP contribution in [0.1, 0.15) is 35.7 Å². The van der Waals surface area contributed by atoms with Gasteiger partial charge in [0.2, 0.25) is 5.91 Å². The van der Waals surface area contributed by atoms with E-state index in [1.165, 1.54) is 0 Å². The maximum Gasteiger partial charge on any atom is 0.251 e. The second-order valence-electron chi connectivity index (χ2n) is 5.74. The summed E-state index contributed by atoms with van der Waals surface area (Å²) in [6, 6.07) is 10.7. The molecule has 2 aromatic rings. The van der Waals surface area contributed by atoms with Crippen molar-refractivity contribution in [2.75, 3.05) is 11.9 Å². The molecule has 0 fully saturated rings. The van der Waals surface area contributed by atoms with Gasteiger partial charge in [-0.25, -0.2) is 0 Å². The Kier molecular flexibility index (Phi) is 5.57. The second-order valence-corrected chi connectivity index (χ2v) is 5.74. The average molecular weight is 314 g/mol. The van der Waals surface area contributed by atoms with E-state index < -0.39 is 0 Å². The lowest BCUT2D eigenvalue weighted by Crippen LogP contribution is -2.26. The number of hydrogen-bond acceptors (Lipinski definition) is 3. The number of anilines is 1. The minimum atomic E-state index is -0.172. The maximum absolute atomic E-state index is 12.2. The molecule has 1 aromatic heterocycles. The van der Waals surface area contributed by atoms with Gasteiger partial charge >= 0.3 is 0 Å². The highest BCUT2D eigenvalue weighted by atomic mass is 16.3. The molecule has 1 aromatic carbocycles. The molecule has 2 amide bonds. The van der Waals surface area contributed by atoms with Crippen LogP contribution in [0.2, 0.25) is 0 Å². The molecular weight excluding hydrogens is 292 g/mol. The van der Waals surface area contributed by atoms with E-state index in [-0.39, 0.29) is 17.7 Å². The van der Waals surface area contributed by atoms with Crippen LogP contribution in [0.3, 0.4) is 0 Å². The summed E-state index contributed by atoms with van der Waals surface area (Å²) in [5.74, 6) is 1.36. The number of amides is 2. The molecule has 0 aliphatic heterocycles. The van der Waals surface area contributed by atoms with Gasteiger partial charge in [0.05, 0.1) is 0 Å². The van der Waals surface area contributed by atoms with Gasteiger partial charge in [-0.15, -0.1) is 0 Å². The third kappa shape index (κ3) is 4.98. The zero-order valence-corrected chi connectivity index (χ0v) is 13.7. The molecule has 0 saturated carbocycles. The van der Waals surface area contributed by atoms with E-state index in [9.17, 15) is 9.59 Å². The highest BCUT2D eigenvalue weighted by Gasteiger charge is 2.10. The zero-order valence-electron chi connectivity index (χ0n) is 13.7. The first-order valence-electron chi connectivity index (χ1n) is 7.70. The molecule has 0 atom stereocenters. The van der Waals surface area contributed by atoms with Crippen molar-refractivity contribution in [3.8, 4) is 0 Å². The monoisotopic (exact) mass is 314 g/mol. The first kappa shape index (κ1) is 16.8. The Hall–Kier alpha value is -2.56. The molecule has 23 heavy (non-hydrogen) atoms. The van der Waals surface area contributed by atoms with Crippen LogP contribution in [-0.2, 0) is 11.2 Å². The average Bonchev–Trinajstić information content (AvgIpc) is 2.92. The number of nitrogens with one attached hydrogen (secondary N) is 2. The van der Waals surface area contributed by atoms with Crippen molar-refractivity contribution >= 4 is 17.5 Å². The number of aryl methyl sites for hydroxylation is 1. The largest absolute Gasteiger partial charge is 0.466 e.